The third-order valence-corrected chi connectivity index (χ3v) is 4.45. The van der Waals surface area contributed by atoms with Gasteiger partial charge in [0.25, 0.3) is 0 Å². The minimum absolute atomic E-state index is 0.00290. The highest BCUT2D eigenvalue weighted by molar-refractivity contribution is 5.74. The molecule has 2 aliphatic heterocycles. The zero-order valence-electron chi connectivity index (χ0n) is 13.0. The van der Waals surface area contributed by atoms with Crippen molar-refractivity contribution in [2.24, 2.45) is 0 Å². The molecule has 2 aliphatic rings. The maximum absolute atomic E-state index is 12.3. The van der Waals surface area contributed by atoms with Gasteiger partial charge in [-0.25, -0.2) is 4.79 Å². The second kappa shape index (κ2) is 7.65. The van der Waals surface area contributed by atoms with Crippen molar-refractivity contribution in [3.8, 4) is 0 Å². The predicted molar refractivity (Wildman–Crippen MR) is 82.7 cm³/mol. The van der Waals surface area contributed by atoms with Crippen molar-refractivity contribution in [1.29, 1.82) is 0 Å². The maximum Gasteiger partial charge on any atom is 0.317 e. The molecule has 6 nitrogen and oxygen atoms in total. The van der Waals surface area contributed by atoms with Crippen LogP contribution in [0.3, 0.4) is 0 Å². The molecule has 1 aromatic heterocycles. The summed E-state index contributed by atoms with van der Waals surface area (Å²) in [4.78, 5) is 16.5. The minimum Gasteiger partial charge on any atom is -0.468 e. The molecule has 3 rings (SSSR count). The summed E-state index contributed by atoms with van der Waals surface area (Å²) in [6.45, 7) is 5.31. The van der Waals surface area contributed by atoms with E-state index in [9.17, 15) is 4.79 Å². The van der Waals surface area contributed by atoms with Crippen molar-refractivity contribution < 1.29 is 13.9 Å². The summed E-state index contributed by atoms with van der Waals surface area (Å²) in [5.74, 6) is 0.934. The largest absolute Gasteiger partial charge is 0.468 e. The van der Waals surface area contributed by atoms with E-state index >= 15 is 0 Å². The number of amides is 2. The smallest absolute Gasteiger partial charge is 0.317 e. The molecule has 0 spiro atoms. The van der Waals surface area contributed by atoms with Crippen molar-refractivity contribution >= 4 is 6.03 Å². The van der Waals surface area contributed by atoms with Gasteiger partial charge in [0.15, 0.2) is 0 Å². The van der Waals surface area contributed by atoms with Gasteiger partial charge in [-0.3, -0.25) is 4.90 Å². The molecule has 0 unspecified atom stereocenters. The molecule has 1 aromatic rings. The van der Waals surface area contributed by atoms with E-state index < -0.39 is 0 Å². The number of piperidine rings is 1. The quantitative estimate of drug-likeness (QED) is 0.922. The van der Waals surface area contributed by atoms with Gasteiger partial charge in [-0.15, -0.1) is 0 Å². The molecule has 0 bridgehead atoms. The van der Waals surface area contributed by atoms with Crippen LogP contribution >= 0.6 is 0 Å². The van der Waals surface area contributed by atoms with Gasteiger partial charge in [-0.2, -0.15) is 0 Å². The Bertz CT molecular complexity index is 451. The Morgan fingerprint density at radius 1 is 1.18 bits per heavy atom. The first kappa shape index (κ1) is 15.4. The van der Waals surface area contributed by atoms with Gasteiger partial charge in [-0.05, 0) is 38.1 Å². The van der Waals surface area contributed by atoms with Gasteiger partial charge in [0.05, 0.1) is 25.5 Å². The number of nitrogens with one attached hydrogen (secondary N) is 1. The highest BCUT2D eigenvalue weighted by Crippen LogP contribution is 2.24. The van der Waals surface area contributed by atoms with Crippen LogP contribution in [0.5, 0.6) is 0 Å². The van der Waals surface area contributed by atoms with Gasteiger partial charge in [0, 0.05) is 19.6 Å². The molecule has 2 saturated heterocycles. The second-order valence-electron chi connectivity index (χ2n) is 5.91. The molecule has 3 heterocycles. The maximum atomic E-state index is 12.3. The van der Waals surface area contributed by atoms with Crippen LogP contribution < -0.4 is 5.32 Å². The molecule has 122 valence electrons. The molecular formula is C16H25N3O3. The summed E-state index contributed by atoms with van der Waals surface area (Å²) in [6, 6.07) is 4.04. The van der Waals surface area contributed by atoms with E-state index in [0.717, 1.165) is 18.8 Å². The molecule has 1 N–H and O–H groups in total. The van der Waals surface area contributed by atoms with Crippen LogP contribution in [-0.4, -0.2) is 61.8 Å². The highest BCUT2D eigenvalue weighted by atomic mass is 16.5. The van der Waals surface area contributed by atoms with Gasteiger partial charge in [0.2, 0.25) is 0 Å². The fourth-order valence-electron chi connectivity index (χ4n) is 3.18. The number of hydrogen-bond acceptors (Lipinski definition) is 4. The molecule has 6 heteroatoms. The van der Waals surface area contributed by atoms with Crippen LogP contribution in [-0.2, 0) is 4.74 Å². The number of carbonyl (C=O) groups excluding carboxylic acids is 1. The van der Waals surface area contributed by atoms with Crippen molar-refractivity contribution in [2.75, 3.05) is 45.9 Å². The summed E-state index contributed by atoms with van der Waals surface area (Å²) >= 11 is 0. The molecule has 2 fully saturated rings. The number of urea groups is 1. The first-order valence-electron chi connectivity index (χ1n) is 8.22. The van der Waals surface area contributed by atoms with Crippen molar-refractivity contribution in [3.63, 3.8) is 0 Å². The lowest BCUT2D eigenvalue weighted by Crippen LogP contribution is -2.48. The Balaban J connectivity index is 1.58. The third-order valence-electron chi connectivity index (χ3n) is 4.45. The predicted octanol–water partition coefficient (Wildman–Crippen LogP) is 1.85. The number of ether oxygens (including phenoxy) is 1. The van der Waals surface area contributed by atoms with Gasteiger partial charge in [-0.1, -0.05) is 6.42 Å². The summed E-state index contributed by atoms with van der Waals surface area (Å²) in [7, 11) is 0. The number of morpholine rings is 1. The summed E-state index contributed by atoms with van der Waals surface area (Å²) < 4.78 is 10.9. The zero-order valence-corrected chi connectivity index (χ0v) is 13.0. The fourth-order valence-corrected chi connectivity index (χ4v) is 3.18. The van der Waals surface area contributed by atoms with E-state index in [2.05, 4.69) is 10.2 Å². The number of nitrogens with zero attached hydrogens (tertiary/aromatic N) is 2. The number of furan rings is 1. The normalized spacial score (nSPS) is 21.5. The van der Waals surface area contributed by atoms with Crippen LogP contribution in [0.1, 0.15) is 31.1 Å². The highest BCUT2D eigenvalue weighted by Gasteiger charge is 2.26. The zero-order chi connectivity index (χ0) is 15.2. The molecular weight excluding hydrogens is 282 g/mol. The lowest BCUT2D eigenvalue weighted by Gasteiger charge is -2.34. The topological polar surface area (TPSA) is 58.0 Å². The third kappa shape index (κ3) is 3.81. The van der Waals surface area contributed by atoms with Gasteiger partial charge >= 0.3 is 6.03 Å². The Labute approximate surface area is 131 Å². The van der Waals surface area contributed by atoms with Crippen LogP contribution in [0.2, 0.25) is 0 Å². The minimum atomic E-state index is -0.00290. The van der Waals surface area contributed by atoms with Crippen molar-refractivity contribution in [1.82, 2.24) is 15.1 Å². The van der Waals surface area contributed by atoms with Crippen LogP contribution in [0.25, 0.3) is 0 Å². The summed E-state index contributed by atoms with van der Waals surface area (Å²) in [5, 5.41) is 3.07. The van der Waals surface area contributed by atoms with E-state index in [0.29, 0.717) is 32.8 Å². The standard InChI is InChI=1S/C16H25N3O3/c20-16(19-8-11-21-12-9-19)17-13-14(15-5-4-10-22-15)18-6-2-1-3-7-18/h4-5,10,14H,1-3,6-9,11-13H2,(H,17,20)/t14-/m0/s1. The number of hydrogen-bond donors (Lipinski definition) is 1. The molecule has 0 aliphatic carbocycles. The van der Waals surface area contributed by atoms with Crippen LogP contribution in [0.15, 0.2) is 22.8 Å². The molecule has 2 amide bonds. The average molecular weight is 307 g/mol. The molecule has 0 aromatic carbocycles. The fraction of sp³-hybridized carbons (Fsp3) is 0.688. The molecule has 0 saturated carbocycles. The van der Waals surface area contributed by atoms with E-state index in [1.54, 1.807) is 6.26 Å². The van der Waals surface area contributed by atoms with E-state index in [1.165, 1.54) is 19.3 Å². The van der Waals surface area contributed by atoms with Crippen LogP contribution in [0, 0.1) is 0 Å². The Morgan fingerprint density at radius 3 is 2.64 bits per heavy atom. The second-order valence-corrected chi connectivity index (χ2v) is 5.91. The monoisotopic (exact) mass is 307 g/mol. The average Bonchev–Trinajstić information content (AvgIpc) is 3.11. The van der Waals surface area contributed by atoms with Crippen molar-refractivity contribution in [2.45, 2.75) is 25.3 Å². The van der Waals surface area contributed by atoms with E-state index in [1.807, 2.05) is 17.0 Å². The van der Waals surface area contributed by atoms with Gasteiger partial charge in [0.1, 0.15) is 5.76 Å². The number of rotatable bonds is 4. The van der Waals surface area contributed by atoms with Gasteiger partial charge < -0.3 is 19.4 Å². The Morgan fingerprint density at radius 2 is 1.95 bits per heavy atom. The summed E-state index contributed by atoms with van der Waals surface area (Å²) in [6.07, 6.45) is 5.43. The lowest BCUT2D eigenvalue weighted by molar-refractivity contribution is 0.0522. The summed E-state index contributed by atoms with van der Waals surface area (Å²) in [5.41, 5.74) is 0. The van der Waals surface area contributed by atoms with E-state index in [-0.39, 0.29) is 12.1 Å². The number of likely N-dealkylation sites (tertiary alicyclic amines) is 1. The Kier molecular flexibility index (Phi) is 5.34. The molecule has 1 atom stereocenters. The lowest BCUT2D eigenvalue weighted by atomic mass is 10.1. The first-order valence-corrected chi connectivity index (χ1v) is 8.22. The van der Waals surface area contributed by atoms with Crippen LogP contribution in [0.4, 0.5) is 4.79 Å². The van der Waals surface area contributed by atoms with E-state index in [4.69, 9.17) is 9.15 Å². The molecule has 22 heavy (non-hydrogen) atoms. The SMILES string of the molecule is O=C(NC[C@@H](c1ccco1)N1CCCCC1)N1CCOCC1. The first-order chi connectivity index (χ1) is 10.8. The van der Waals surface area contributed by atoms with Crippen molar-refractivity contribution in [3.05, 3.63) is 24.2 Å². The molecule has 0 radical (unpaired) electrons. The number of carbonyl (C=O) groups is 1. The Hall–Kier alpha value is -1.53.